The van der Waals surface area contributed by atoms with Gasteiger partial charge >= 0.3 is 0 Å². The highest BCUT2D eigenvalue weighted by Crippen LogP contribution is 2.11. The van der Waals surface area contributed by atoms with E-state index < -0.39 is 0 Å². The molecule has 3 heteroatoms. The van der Waals surface area contributed by atoms with Gasteiger partial charge in [-0.3, -0.25) is 4.79 Å². The maximum absolute atomic E-state index is 11.1. The van der Waals surface area contributed by atoms with Crippen molar-refractivity contribution in [3.63, 3.8) is 0 Å². The zero-order chi connectivity index (χ0) is 9.68. The molecule has 1 rings (SSSR count). The summed E-state index contributed by atoms with van der Waals surface area (Å²) in [7, 11) is 2.44. The van der Waals surface area contributed by atoms with Crippen molar-refractivity contribution in [1.29, 1.82) is 0 Å². The van der Waals surface area contributed by atoms with Gasteiger partial charge in [-0.05, 0) is 27.1 Å². The monoisotopic (exact) mass is 195 g/mol. The minimum Gasteiger partial charge on any atom is -0.369 e. The Hall–Kier alpha value is -0.880. The van der Waals surface area contributed by atoms with Crippen LogP contribution in [0.1, 0.15) is 18.9 Å². The first-order chi connectivity index (χ1) is 6.26. The third kappa shape index (κ3) is 3.16. The lowest BCUT2D eigenvalue weighted by molar-refractivity contribution is -0.118. The molecule has 0 aliphatic rings. The standard InChI is InChI=1S/C10H14NOP/c1-2-10(12)7-8-3-5-9(11-13)6-4-8/h3-6,11H,2,7,13H2,1H3. The van der Waals surface area contributed by atoms with Crippen LogP contribution in [0.3, 0.4) is 0 Å². The number of benzene rings is 1. The fourth-order valence-electron chi connectivity index (χ4n) is 1.07. The van der Waals surface area contributed by atoms with Gasteiger partial charge in [0, 0.05) is 18.5 Å². The van der Waals surface area contributed by atoms with E-state index in [0.717, 1.165) is 11.3 Å². The molecule has 0 aliphatic heterocycles. The van der Waals surface area contributed by atoms with Crippen molar-refractivity contribution >= 4 is 20.9 Å². The van der Waals surface area contributed by atoms with Crippen molar-refractivity contribution in [2.45, 2.75) is 19.8 Å². The fourth-order valence-corrected chi connectivity index (χ4v) is 1.26. The van der Waals surface area contributed by atoms with Gasteiger partial charge in [0.2, 0.25) is 0 Å². The van der Waals surface area contributed by atoms with Gasteiger partial charge in [-0.1, -0.05) is 19.1 Å². The lowest BCUT2D eigenvalue weighted by atomic mass is 10.1. The first-order valence-electron chi connectivity index (χ1n) is 4.33. The van der Waals surface area contributed by atoms with Gasteiger partial charge in [-0.25, -0.2) is 0 Å². The first-order valence-corrected chi connectivity index (χ1v) is 4.91. The molecule has 0 aliphatic carbocycles. The minimum absolute atomic E-state index is 0.284. The van der Waals surface area contributed by atoms with Crippen LogP contribution in [0, 0.1) is 0 Å². The average Bonchev–Trinajstić information content (AvgIpc) is 2.19. The van der Waals surface area contributed by atoms with Gasteiger partial charge in [-0.15, -0.1) is 0 Å². The van der Waals surface area contributed by atoms with E-state index in [9.17, 15) is 4.79 Å². The van der Waals surface area contributed by atoms with E-state index in [-0.39, 0.29) is 5.78 Å². The molecule has 0 fully saturated rings. The van der Waals surface area contributed by atoms with E-state index in [2.05, 4.69) is 14.5 Å². The smallest absolute Gasteiger partial charge is 0.136 e. The van der Waals surface area contributed by atoms with E-state index in [1.54, 1.807) is 0 Å². The molecular formula is C10H14NOP. The van der Waals surface area contributed by atoms with Gasteiger partial charge in [-0.2, -0.15) is 0 Å². The normalized spacial score (nSPS) is 9.69. The summed E-state index contributed by atoms with van der Waals surface area (Å²) in [5.74, 6) is 0.284. The van der Waals surface area contributed by atoms with Crippen LogP contribution in [0.15, 0.2) is 24.3 Å². The fraction of sp³-hybridized carbons (Fsp3) is 0.300. The quantitative estimate of drug-likeness (QED) is 0.747. The summed E-state index contributed by atoms with van der Waals surface area (Å²) in [6.07, 6.45) is 1.16. The van der Waals surface area contributed by atoms with Crippen LogP contribution in [-0.4, -0.2) is 5.78 Å². The molecule has 0 amide bonds. The largest absolute Gasteiger partial charge is 0.369 e. The van der Waals surface area contributed by atoms with E-state index in [1.807, 2.05) is 31.2 Å². The molecule has 0 saturated carbocycles. The van der Waals surface area contributed by atoms with Crippen LogP contribution in [-0.2, 0) is 11.2 Å². The molecule has 1 atom stereocenters. The Bertz CT molecular complexity index is 281. The van der Waals surface area contributed by atoms with Crippen molar-refractivity contribution in [1.82, 2.24) is 0 Å². The van der Waals surface area contributed by atoms with Crippen molar-refractivity contribution in [3.8, 4) is 0 Å². The molecule has 0 saturated heterocycles. The Morgan fingerprint density at radius 2 is 2.00 bits per heavy atom. The number of rotatable bonds is 4. The molecule has 1 unspecified atom stereocenters. The Morgan fingerprint density at radius 3 is 2.46 bits per heavy atom. The average molecular weight is 195 g/mol. The van der Waals surface area contributed by atoms with Crippen molar-refractivity contribution < 1.29 is 4.79 Å². The predicted octanol–water partition coefficient (Wildman–Crippen LogP) is 2.41. The van der Waals surface area contributed by atoms with Crippen LogP contribution < -0.4 is 5.09 Å². The van der Waals surface area contributed by atoms with Crippen LogP contribution in [0.4, 0.5) is 5.69 Å². The highest BCUT2D eigenvalue weighted by Gasteiger charge is 1.99. The third-order valence-electron chi connectivity index (χ3n) is 1.92. The lowest BCUT2D eigenvalue weighted by Gasteiger charge is -2.01. The van der Waals surface area contributed by atoms with Gasteiger partial charge in [0.1, 0.15) is 5.78 Å². The summed E-state index contributed by atoms with van der Waals surface area (Å²) in [6.45, 7) is 1.89. The Balaban J connectivity index is 2.64. The number of hydrogen-bond donors (Lipinski definition) is 1. The summed E-state index contributed by atoms with van der Waals surface area (Å²) < 4.78 is 0. The second-order valence-electron chi connectivity index (χ2n) is 2.91. The number of anilines is 1. The number of ketones is 1. The Labute approximate surface area is 81.0 Å². The molecule has 0 radical (unpaired) electrons. The molecule has 1 aromatic rings. The van der Waals surface area contributed by atoms with Crippen LogP contribution in [0.5, 0.6) is 0 Å². The molecule has 1 aromatic carbocycles. The van der Waals surface area contributed by atoms with Crippen LogP contribution in [0.25, 0.3) is 0 Å². The molecule has 0 aromatic heterocycles. The number of nitrogens with one attached hydrogen (secondary N) is 1. The summed E-state index contributed by atoms with van der Waals surface area (Å²) in [5, 5.41) is 2.95. The molecule has 13 heavy (non-hydrogen) atoms. The summed E-state index contributed by atoms with van der Waals surface area (Å²) in [6, 6.07) is 7.87. The summed E-state index contributed by atoms with van der Waals surface area (Å²) in [4.78, 5) is 11.1. The van der Waals surface area contributed by atoms with Gasteiger partial charge in [0.05, 0.1) is 0 Å². The highest BCUT2D eigenvalue weighted by molar-refractivity contribution is 7.18. The van der Waals surface area contributed by atoms with Gasteiger partial charge in [0.15, 0.2) is 0 Å². The number of carbonyl (C=O) groups excluding carboxylic acids is 1. The zero-order valence-electron chi connectivity index (χ0n) is 7.71. The van der Waals surface area contributed by atoms with Crippen molar-refractivity contribution in [2.24, 2.45) is 0 Å². The van der Waals surface area contributed by atoms with Crippen molar-refractivity contribution in [2.75, 3.05) is 5.09 Å². The lowest BCUT2D eigenvalue weighted by Crippen LogP contribution is -1.99. The molecule has 0 bridgehead atoms. The van der Waals surface area contributed by atoms with E-state index in [1.165, 1.54) is 0 Å². The Morgan fingerprint density at radius 1 is 1.38 bits per heavy atom. The third-order valence-corrected chi connectivity index (χ3v) is 2.25. The predicted molar refractivity (Wildman–Crippen MR) is 58.8 cm³/mol. The number of carbonyl (C=O) groups is 1. The number of hydrogen-bond acceptors (Lipinski definition) is 2. The minimum atomic E-state index is 0.284. The molecule has 0 heterocycles. The molecule has 70 valence electrons. The highest BCUT2D eigenvalue weighted by atomic mass is 31.0. The van der Waals surface area contributed by atoms with Crippen LogP contribution in [0.2, 0.25) is 0 Å². The topological polar surface area (TPSA) is 29.1 Å². The Kier molecular flexibility index (Phi) is 3.91. The molecule has 1 N–H and O–H groups in total. The summed E-state index contributed by atoms with van der Waals surface area (Å²) >= 11 is 0. The van der Waals surface area contributed by atoms with Gasteiger partial charge < -0.3 is 5.09 Å². The molecule has 2 nitrogen and oxygen atoms in total. The second-order valence-corrected chi connectivity index (χ2v) is 3.20. The van der Waals surface area contributed by atoms with E-state index in [0.29, 0.717) is 12.8 Å². The number of Topliss-reactive ketones (excluding diaryl/α,β-unsaturated/α-hetero) is 1. The maximum Gasteiger partial charge on any atom is 0.136 e. The maximum atomic E-state index is 11.1. The van der Waals surface area contributed by atoms with E-state index >= 15 is 0 Å². The molecule has 0 spiro atoms. The first kappa shape index (κ1) is 10.2. The SMILES string of the molecule is CCC(=O)Cc1ccc(NP)cc1. The van der Waals surface area contributed by atoms with E-state index in [4.69, 9.17) is 0 Å². The summed E-state index contributed by atoms with van der Waals surface area (Å²) in [5.41, 5.74) is 2.12. The second kappa shape index (κ2) is 4.98. The van der Waals surface area contributed by atoms with Gasteiger partial charge in [0.25, 0.3) is 0 Å². The van der Waals surface area contributed by atoms with Crippen molar-refractivity contribution in [3.05, 3.63) is 29.8 Å². The van der Waals surface area contributed by atoms with Crippen LogP contribution >= 0.6 is 9.39 Å². The zero-order valence-corrected chi connectivity index (χ0v) is 8.86. The molecular weight excluding hydrogens is 181 g/mol.